The highest BCUT2D eigenvalue weighted by molar-refractivity contribution is 9.09. The molecule has 0 aromatic heterocycles. The van der Waals surface area contributed by atoms with Gasteiger partial charge >= 0.3 is 0 Å². The molecule has 0 radical (unpaired) electrons. The fourth-order valence-corrected chi connectivity index (χ4v) is 3.22. The molecule has 1 aliphatic rings. The normalized spacial score (nSPS) is 28.1. The van der Waals surface area contributed by atoms with Crippen molar-refractivity contribution in [2.45, 2.75) is 38.1 Å². The third kappa shape index (κ3) is 5.24. The molecule has 5 heteroatoms. The topological polar surface area (TPSA) is 47.6 Å². The van der Waals surface area contributed by atoms with Gasteiger partial charge in [0.15, 0.2) is 0 Å². The summed E-state index contributed by atoms with van der Waals surface area (Å²) >= 11 is 3.54. The highest BCUT2D eigenvalue weighted by atomic mass is 79.9. The number of carbonyl (C=O) groups is 1. The average Bonchev–Trinajstić information content (AvgIpc) is 2.34. The van der Waals surface area contributed by atoms with Crippen LogP contribution in [0.3, 0.4) is 0 Å². The van der Waals surface area contributed by atoms with E-state index >= 15 is 0 Å². The van der Waals surface area contributed by atoms with Crippen LogP contribution in [-0.4, -0.2) is 43.7 Å². The standard InChI is InChI=1S/C13H24BrNO3/c1-11-4-3-5-13(8-11,10-14)15-12(16)9-18-7-6-17-2/h11H,3-10H2,1-2H3,(H,15,16). The van der Waals surface area contributed by atoms with Crippen molar-refractivity contribution in [1.82, 2.24) is 5.32 Å². The van der Waals surface area contributed by atoms with E-state index < -0.39 is 0 Å². The van der Waals surface area contributed by atoms with Crippen LogP contribution in [-0.2, 0) is 14.3 Å². The second-order valence-corrected chi connectivity index (χ2v) is 5.77. The van der Waals surface area contributed by atoms with Gasteiger partial charge in [0.25, 0.3) is 0 Å². The molecule has 1 N–H and O–H groups in total. The summed E-state index contributed by atoms with van der Waals surface area (Å²) in [5.74, 6) is 0.644. The molecule has 106 valence electrons. The number of amides is 1. The van der Waals surface area contributed by atoms with Gasteiger partial charge in [0.05, 0.1) is 18.8 Å². The van der Waals surface area contributed by atoms with Crippen molar-refractivity contribution in [3.8, 4) is 0 Å². The summed E-state index contributed by atoms with van der Waals surface area (Å²) in [4.78, 5) is 11.8. The molecule has 0 aliphatic heterocycles. The number of rotatable bonds is 7. The molecule has 2 atom stereocenters. The lowest BCUT2D eigenvalue weighted by Crippen LogP contribution is -2.53. The summed E-state index contributed by atoms with van der Waals surface area (Å²) in [6, 6.07) is 0. The molecule has 1 saturated carbocycles. The highest BCUT2D eigenvalue weighted by Gasteiger charge is 2.35. The van der Waals surface area contributed by atoms with E-state index in [1.807, 2.05) is 0 Å². The van der Waals surface area contributed by atoms with Gasteiger partial charge in [0.1, 0.15) is 6.61 Å². The Kier molecular flexibility index (Phi) is 7.19. The second kappa shape index (κ2) is 8.12. The molecular weight excluding hydrogens is 298 g/mol. The number of nitrogens with one attached hydrogen (secondary N) is 1. The van der Waals surface area contributed by atoms with Gasteiger partial charge in [0.2, 0.25) is 5.91 Å². The molecule has 1 amide bonds. The van der Waals surface area contributed by atoms with Gasteiger partial charge in [-0.1, -0.05) is 35.7 Å². The van der Waals surface area contributed by atoms with Crippen LogP contribution in [0.5, 0.6) is 0 Å². The molecule has 0 aromatic carbocycles. The van der Waals surface area contributed by atoms with E-state index in [0.29, 0.717) is 19.1 Å². The number of halogens is 1. The van der Waals surface area contributed by atoms with Crippen molar-refractivity contribution >= 4 is 21.8 Å². The summed E-state index contributed by atoms with van der Waals surface area (Å²) in [5.41, 5.74) is -0.0840. The fourth-order valence-electron chi connectivity index (χ4n) is 2.57. The number of hydrogen-bond donors (Lipinski definition) is 1. The SMILES string of the molecule is COCCOCC(=O)NC1(CBr)CCCC(C)C1. The van der Waals surface area contributed by atoms with Crippen molar-refractivity contribution < 1.29 is 14.3 Å². The van der Waals surface area contributed by atoms with Crippen LogP contribution in [0.2, 0.25) is 0 Å². The van der Waals surface area contributed by atoms with Gasteiger partial charge in [-0.25, -0.2) is 0 Å². The van der Waals surface area contributed by atoms with Crippen LogP contribution >= 0.6 is 15.9 Å². The molecule has 1 fully saturated rings. The predicted molar refractivity (Wildman–Crippen MR) is 75.0 cm³/mol. The van der Waals surface area contributed by atoms with Gasteiger partial charge in [-0.3, -0.25) is 4.79 Å². The van der Waals surface area contributed by atoms with Gasteiger partial charge in [-0.2, -0.15) is 0 Å². The summed E-state index contributed by atoms with van der Waals surface area (Å²) in [7, 11) is 1.62. The molecule has 18 heavy (non-hydrogen) atoms. The Balaban J connectivity index is 2.35. The summed E-state index contributed by atoms with van der Waals surface area (Å²) in [6.07, 6.45) is 4.53. The molecular formula is C13H24BrNO3. The first-order chi connectivity index (χ1) is 8.62. The van der Waals surface area contributed by atoms with Crippen LogP contribution in [0.1, 0.15) is 32.6 Å². The van der Waals surface area contributed by atoms with Crippen LogP contribution in [0.4, 0.5) is 0 Å². The maximum absolute atomic E-state index is 11.8. The lowest BCUT2D eigenvalue weighted by atomic mass is 9.77. The first kappa shape index (κ1) is 15.9. The summed E-state index contributed by atoms with van der Waals surface area (Å²) < 4.78 is 10.1. The Bertz CT molecular complexity index is 263. The highest BCUT2D eigenvalue weighted by Crippen LogP contribution is 2.33. The Morgan fingerprint density at radius 1 is 1.50 bits per heavy atom. The summed E-state index contributed by atoms with van der Waals surface area (Å²) in [5, 5.41) is 3.95. The number of methoxy groups -OCH3 is 1. The largest absolute Gasteiger partial charge is 0.382 e. The lowest BCUT2D eigenvalue weighted by molar-refractivity contribution is -0.128. The van der Waals surface area contributed by atoms with Gasteiger partial charge < -0.3 is 14.8 Å². The molecule has 2 unspecified atom stereocenters. The predicted octanol–water partition coefficient (Wildman–Crippen LogP) is 2.11. The van der Waals surface area contributed by atoms with Crippen molar-refractivity contribution in [2.75, 3.05) is 32.3 Å². The molecule has 4 nitrogen and oxygen atoms in total. The smallest absolute Gasteiger partial charge is 0.246 e. The maximum Gasteiger partial charge on any atom is 0.246 e. The fraction of sp³-hybridized carbons (Fsp3) is 0.923. The number of carbonyl (C=O) groups excluding carboxylic acids is 1. The molecule has 0 aromatic rings. The molecule has 1 aliphatic carbocycles. The second-order valence-electron chi connectivity index (χ2n) is 5.21. The zero-order valence-corrected chi connectivity index (χ0v) is 12.9. The van der Waals surface area contributed by atoms with E-state index in [1.165, 1.54) is 12.8 Å². The number of alkyl halides is 1. The van der Waals surface area contributed by atoms with E-state index in [0.717, 1.165) is 18.2 Å². The van der Waals surface area contributed by atoms with E-state index in [4.69, 9.17) is 9.47 Å². The Morgan fingerprint density at radius 3 is 2.89 bits per heavy atom. The van der Waals surface area contributed by atoms with E-state index in [2.05, 4.69) is 28.2 Å². The van der Waals surface area contributed by atoms with E-state index in [1.54, 1.807) is 7.11 Å². The monoisotopic (exact) mass is 321 g/mol. The molecule has 0 spiro atoms. The minimum atomic E-state index is -0.0840. The average molecular weight is 322 g/mol. The third-order valence-corrected chi connectivity index (χ3v) is 4.49. The quantitative estimate of drug-likeness (QED) is 0.577. The molecule has 0 bridgehead atoms. The van der Waals surface area contributed by atoms with Crippen molar-refractivity contribution in [3.05, 3.63) is 0 Å². The van der Waals surface area contributed by atoms with Crippen LogP contribution in [0.25, 0.3) is 0 Å². The molecule has 1 rings (SSSR count). The molecule has 0 heterocycles. The van der Waals surface area contributed by atoms with Gasteiger partial charge in [-0.05, 0) is 18.8 Å². The first-order valence-electron chi connectivity index (χ1n) is 6.55. The van der Waals surface area contributed by atoms with Gasteiger partial charge in [-0.15, -0.1) is 0 Å². The maximum atomic E-state index is 11.8. The van der Waals surface area contributed by atoms with Crippen molar-refractivity contribution in [2.24, 2.45) is 5.92 Å². The Labute approximate surface area is 118 Å². The Hall–Kier alpha value is -0.130. The van der Waals surface area contributed by atoms with Gasteiger partial charge in [0, 0.05) is 12.4 Å². The third-order valence-electron chi connectivity index (χ3n) is 3.42. The Morgan fingerprint density at radius 2 is 2.28 bits per heavy atom. The van der Waals surface area contributed by atoms with E-state index in [-0.39, 0.29) is 18.1 Å². The minimum Gasteiger partial charge on any atom is -0.382 e. The molecule has 0 saturated heterocycles. The zero-order valence-electron chi connectivity index (χ0n) is 11.3. The minimum absolute atomic E-state index is 0.0281. The van der Waals surface area contributed by atoms with Crippen LogP contribution in [0, 0.1) is 5.92 Å². The van der Waals surface area contributed by atoms with Crippen LogP contribution in [0.15, 0.2) is 0 Å². The zero-order chi connectivity index (χ0) is 13.4. The summed E-state index contributed by atoms with van der Waals surface area (Å²) in [6.45, 7) is 3.35. The number of hydrogen-bond acceptors (Lipinski definition) is 3. The van der Waals surface area contributed by atoms with E-state index in [9.17, 15) is 4.79 Å². The van der Waals surface area contributed by atoms with Crippen molar-refractivity contribution in [1.29, 1.82) is 0 Å². The van der Waals surface area contributed by atoms with Crippen molar-refractivity contribution in [3.63, 3.8) is 0 Å². The first-order valence-corrected chi connectivity index (χ1v) is 7.68. The lowest BCUT2D eigenvalue weighted by Gasteiger charge is -2.39. The number of ether oxygens (including phenoxy) is 2. The van der Waals surface area contributed by atoms with Crippen LogP contribution < -0.4 is 5.32 Å².